The second-order valence-electron chi connectivity index (χ2n) is 4.95. The molecule has 1 fully saturated rings. The molecule has 0 aliphatic carbocycles. The molecule has 6 heteroatoms. The summed E-state index contributed by atoms with van der Waals surface area (Å²) in [5, 5.41) is 2.78. The van der Waals surface area contributed by atoms with Crippen LogP contribution in [0, 0.1) is 0 Å². The SMILES string of the molecule is O=C(Nc1cccnc1N1CCCC1)c1c[nH]ccc1=O. The smallest absolute Gasteiger partial charge is 0.261 e. The van der Waals surface area contributed by atoms with Crippen molar-refractivity contribution in [3.8, 4) is 0 Å². The molecule has 0 aromatic carbocycles. The molecule has 21 heavy (non-hydrogen) atoms. The molecule has 1 amide bonds. The first-order valence-corrected chi connectivity index (χ1v) is 6.94. The number of rotatable bonds is 3. The molecule has 2 N–H and O–H groups in total. The van der Waals surface area contributed by atoms with Gasteiger partial charge in [0.15, 0.2) is 11.2 Å². The lowest BCUT2D eigenvalue weighted by atomic mass is 10.2. The summed E-state index contributed by atoms with van der Waals surface area (Å²) >= 11 is 0. The lowest BCUT2D eigenvalue weighted by Crippen LogP contribution is -2.24. The topological polar surface area (TPSA) is 78.1 Å². The first kappa shape index (κ1) is 13.4. The molecule has 3 heterocycles. The largest absolute Gasteiger partial charge is 0.367 e. The van der Waals surface area contributed by atoms with Crippen LogP contribution in [0.25, 0.3) is 0 Å². The number of aromatic nitrogens is 2. The van der Waals surface area contributed by atoms with E-state index in [9.17, 15) is 9.59 Å². The molecule has 0 atom stereocenters. The van der Waals surface area contributed by atoms with Crippen LogP contribution in [0.1, 0.15) is 23.2 Å². The average molecular weight is 284 g/mol. The molecule has 108 valence electrons. The molecule has 1 aliphatic rings. The molecular weight excluding hydrogens is 268 g/mol. The second-order valence-corrected chi connectivity index (χ2v) is 4.95. The molecule has 0 bridgehead atoms. The first-order valence-electron chi connectivity index (χ1n) is 6.94. The zero-order valence-corrected chi connectivity index (χ0v) is 11.5. The Balaban J connectivity index is 1.87. The standard InChI is InChI=1S/C15H16N4O2/c20-13-5-7-16-10-11(13)15(21)18-12-4-3-6-17-14(12)19-8-1-2-9-19/h3-7,10H,1-2,8-9H2,(H,16,20)(H,18,21). The number of pyridine rings is 2. The minimum absolute atomic E-state index is 0.0914. The molecule has 2 aromatic heterocycles. The van der Waals surface area contributed by atoms with Crippen molar-refractivity contribution in [1.82, 2.24) is 9.97 Å². The summed E-state index contributed by atoms with van der Waals surface area (Å²) in [6.45, 7) is 1.87. The fraction of sp³-hybridized carbons (Fsp3) is 0.267. The number of amides is 1. The van der Waals surface area contributed by atoms with E-state index in [0.29, 0.717) is 5.69 Å². The molecule has 0 unspecified atom stereocenters. The summed E-state index contributed by atoms with van der Waals surface area (Å²) in [6.07, 6.45) is 6.87. The average Bonchev–Trinajstić information content (AvgIpc) is 3.02. The second kappa shape index (κ2) is 5.78. The molecule has 3 rings (SSSR count). The van der Waals surface area contributed by atoms with Gasteiger partial charge in [0.1, 0.15) is 5.56 Å². The van der Waals surface area contributed by atoms with Crippen LogP contribution in [0.15, 0.2) is 41.6 Å². The summed E-state index contributed by atoms with van der Waals surface area (Å²) in [6, 6.07) is 4.90. The fourth-order valence-corrected chi connectivity index (χ4v) is 2.46. The Kier molecular flexibility index (Phi) is 3.68. The van der Waals surface area contributed by atoms with Crippen molar-refractivity contribution in [1.29, 1.82) is 0 Å². The Labute approximate surface area is 121 Å². The van der Waals surface area contributed by atoms with Gasteiger partial charge in [-0.1, -0.05) is 0 Å². The van der Waals surface area contributed by atoms with Gasteiger partial charge < -0.3 is 15.2 Å². The zero-order valence-electron chi connectivity index (χ0n) is 11.5. The molecule has 1 aliphatic heterocycles. The Morgan fingerprint density at radius 1 is 1.29 bits per heavy atom. The predicted molar refractivity (Wildman–Crippen MR) is 80.7 cm³/mol. The van der Waals surface area contributed by atoms with E-state index in [1.54, 1.807) is 18.3 Å². The van der Waals surface area contributed by atoms with Crippen LogP contribution in [0.3, 0.4) is 0 Å². The summed E-state index contributed by atoms with van der Waals surface area (Å²) in [4.78, 5) is 33.2. The molecular formula is C15H16N4O2. The number of nitrogens with zero attached hydrogens (tertiary/aromatic N) is 2. The number of anilines is 2. The Hall–Kier alpha value is -2.63. The number of nitrogens with one attached hydrogen (secondary N) is 2. The van der Waals surface area contributed by atoms with Gasteiger partial charge in [-0.3, -0.25) is 9.59 Å². The van der Waals surface area contributed by atoms with Gasteiger partial charge in [0, 0.05) is 37.7 Å². The van der Waals surface area contributed by atoms with Gasteiger partial charge in [-0.05, 0) is 25.0 Å². The third-order valence-electron chi connectivity index (χ3n) is 3.51. The zero-order chi connectivity index (χ0) is 14.7. The van der Waals surface area contributed by atoms with Crippen molar-refractivity contribution in [2.24, 2.45) is 0 Å². The summed E-state index contributed by atoms with van der Waals surface area (Å²) in [5.41, 5.74) is 0.416. The quantitative estimate of drug-likeness (QED) is 0.898. The van der Waals surface area contributed by atoms with Crippen LogP contribution in [0.2, 0.25) is 0 Å². The van der Waals surface area contributed by atoms with E-state index in [4.69, 9.17) is 0 Å². The van der Waals surface area contributed by atoms with Crippen LogP contribution >= 0.6 is 0 Å². The molecule has 0 radical (unpaired) electrons. The molecule has 0 saturated carbocycles. The monoisotopic (exact) mass is 284 g/mol. The van der Waals surface area contributed by atoms with Crippen molar-refractivity contribution < 1.29 is 4.79 Å². The number of hydrogen-bond donors (Lipinski definition) is 2. The van der Waals surface area contributed by atoms with E-state index in [2.05, 4.69) is 20.2 Å². The number of H-pyrrole nitrogens is 1. The van der Waals surface area contributed by atoms with E-state index in [1.165, 1.54) is 18.5 Å². The van der Waals surface area contributed by atoms with E-state index >= 15 is 0 Å². The molecule has 6 nitrogen and oxygen atoms in total. The maximum atomic E-state index is 12.2. The van der Waals surface area contributed by atoms with E-state index in [-0.39, 0.29) is 11.0 Å². The van der Waals surface area contributed by atoms with Gasteiger partial charge in [-0.2, -0.15) is 0 Å². The van der Waals surface area contributed by atoms with E-state index in [1.807, 2.05) is 0 Å². The van der Waals surface area contributed by atoms with Crippen molar-refractivity contribution in [2.75, 3.05) is 23.3 Å². The Morgan fingerprint density at radius 2 is 2.10 bits per heavy atom. The van der Waals surface area contributed by atoms with Gasteiger partial charge >= 0.3 is 0 Å². The molecule has 2 aromatic rings. The fourth-order valence-electron chi connectivity index (χ4n) is 2.46. The Bertz CT molecular complexity index is 705. The number of carbonyl (C=O) groups is 1. The minimum Gasteiger partial charge on any atom is -0.367 e. The van der Waals surface area contributed by atoms with Crippen molar-refractivity contribution in [2.45, 2.75) is 12.8 Å². The minimum atomic E-state index is -0.426. The predicted octanol–water partition coefficient (Wildman–Crippen LogP) is 1.62. The highest BCUT2D eigenvalue weighted by Gasteiger charge is 2.19. The third-order valence-corrected chi connectivity index (χ3v) is 3.51. The third kappa shape index (κ3) is 2.79. The summed E-state index contributed by atoms with van der Waals surface area (Å²) in [7, 11) is 0. The van der Waals surface area contributed by atoms with Gasteiger partial charge in [0.05, 0.1) is 5.69 Å². The van der Waals surface area contributed by atoms with Gasteiger partial charge in [0.25, 0.3) is 5.91 Å². The summed E-state index contributed by atoms with van der Waals surface area (Å²) < 4.78 is 0. The summed E-state index contributed by atoms with van der Waals surface area (Å²) in [5.74, 6) is 0.334. The maximum absolute atomic E-state index is 12.2. The highest BCUT2D eigenvalue weighted by atomic mass is 16.2. The van der Waals surface area contributed by atoms with Crippen LogP contribution in [-0.2, 0) is 0 Å². The maximum Gasteiger partial charge on any atom is 0.261 e. The number of aromatic amines is 1. The highest BCUT2D eigenvalue weighted by molar-refractivity contribution is 6.05. The number of carbonyl (C=O) groups excluding carboxylic acids is 1. The first-order chi connectivity index (χ1) is 10.3. The van der Waals surface area contributed by atoms with Crippen LogP contribution in [0.4, 0.5) is 11.5 Å². The van der Waals surface area contributed by atoms with Crippen molar-refractivity contribution >= 4 is 17.4 Å². The normalized spacial score (nSPS) is 14.2. The van der Waals surface area contributed by atoms with Crippen LogP contribution < -0.4 is 15.6 Å². The van der Waals surface area contributed by atoms with E-state index in [0.717, 1.165) is 31.7 Å². The van der Waals surface area contributed by atoms with Crippen molar-refractivity contribution in [3.05, 3.63) is 52.6 Å². The number of hydrogen-bond acceptors (Lipinski definition) is 4. The van der Waals surface area contributed by atoms with Gasteiger partial charge in [0.2, 0.25) is 0 Å². The van der Waals surface area contributed by atoms with Gasteiger partial charge in [-0.15, -0.1) is 0 Å². The molecule has 0 spiro atoms. The molecule has 1 saturated heterocycles. The van der Waals surface area contributed by atoms with Gasteiger partial charge in [-0.25, -0.2) is 4.98 Å². The van der Waals surface area contributed by atoms with Crippen molar-refractivity contribution in [3.63, 3.8) is 0 Å². The van der Waals surface area contributed by atoms with E-state index < -0.39 is 5.91 Å². The highest BCUT2D eigenvalue weighted by Crippen LogP contribution is 2.26. The Morgan fingerprint density at radius 3 is 2.86 bits per heavy atom. The lowest BCUT2D eigenvalue weighted by Gasteiger charge is -2.19. The van der Waals surface area contributed by atoms with Crippen LogP contribution in [0.5, 0.6) is 0 Å². The lowest BCUT2D eigenvalue weighted by molar-refractivity contribution is 0.102. The van der Waals surface area contributed by atoms with Crippen LogP contribution in [-0.4, -0.2) is 29.0 Å².